The number of aromatic nitrogens is 1. The van der Waals surface area contributed by atoms with E-state index in [1.165, 1.54) is 6.07 Å². The second-order valence-corrected chi connectivity index (χ2v) is 4.25. The summed E-state index contributed by atoms with van der Waals surface area (Å²) in [4.78, 5) is 14.6. The normalized spacial score (nSPS) is 10.7. The molecule has 0 bridgehead atoms. The Hall–Kier alpha value is -2.24. The number of halogens is 1. The first-order valence-electron chi connectivity index (χ1n) is 6.02. The standard InChI is InChI=1S/C13H14FN3O2/c1-3-4-8-5-9-6-10(14)7-11(17(18)19)12(9)16-13(8)15-2/h5-7H,3-4H2,1-2H3,(H,15,16). The second kappa shape index (κ2) is 5.17. The summed E-state index contributed by atoms with van der Waals surface area (Å²) in [5, 5.41) is 14.3. The Bertz CT molecular complexity index is 643. The zero-order chi connectivity index (χ0) is 14.0. The number of hydrogen-bond acceptors (Lipinski definition) is 4. The van der Waals surface area contributed by atoms with Gasteiger partial charge in [0, 0.05) is 12.4 Å². The fourth-order valence-corrected chi connectivity index (χ4v) is 2.09. The van der Waals surface area contributed by atoms with E-state index in [0.29, 0.717) is 11.2 Å². The maximum Gasteiger partial charge on any atom is 0.298 e. The van der Waals surface area contributed by atoms with Crippen LogP contribution in [0, 0.1) is 15.9 Å². The maximum atomic E-state index is 13.4. The highest BCUT2D eigenvalue weighted by Gasteiger charge is 2.17. The highest BCUT2D eigenvalue weighted by atomic mass is 19.1. The minimum atomic E-state index is -0.624. The van der Waals surface area contributed by atoms with Crippen LogP contribution in [0.5, 0.6) is 0 Å². The summed E-state index contributed by atoms with van der Waals surface area (Å²) >= 11 is 0. The number of nitro groups is 1. The fraction of sp³-hybridized carbons (Fsp3) is 0.308. The van der Waals surface area contributed by atoms with Gasteiger partial charge in [0.25, 0.3) is 5.69 Å². The summed E-state index contributed by atoms with van der Waals surface area (Å²) in [6, 6.07) is 3.93. The first-order valence-corrected chi connectivity index (χ1v) is 6.02. The van der Waals surface area contributed by atoms with Gasteiger partial charge in [-0.3, -0.25) is 10.1 Å². The Balaban J connectivity index is 2.76. The van der Waals surface area contributed by atoms with E-state index in [9.17, 15) is 14.5 Å². The van der Waals surface area contributed by atoms with Crippen LogP contribution < -0.4 is 5.32 Å². The van der Waals surface area contributed by atoms with Crippen LogP contribution >= 0.6 is 0 Å². The van der Waals surface area contributed by atoms with E-state index < -0.39 is 10.7 Å². The van der Waals surface area contributed by atoms with Crippen LogP contribution in [0.4, 0.5) is 15.9 Å². The van der Waals surface area contributed by atoms with Crippen molar-refractivity contribution >= 4 is 22.4 Å². The van der Waals surface area contributed by atoms with Gasteiger partial charge in [0.1, 0.15) is 11.6 Å². The van der Waals surface area contributed by atoms with Gasteiger partial charge in [0.2, 0.25) is 0 Å². The van der Waals surface area contributed by atoms with Crippen LogP contribution in [-0.4, -0.2) is 17.0 Å². The van der Waals surface area contributed by atoms with E-state index in [4.69, 9.17) is 0 Å². The molecule has 0 atom stereocenters. The molecule has 2 rings (SSSR count). The van der Waals surface area contributed by atoms with E-state index in [2.05, 4.69) is 10.3 Å². The number of non-ortho nitro benzene ring substituents is 1. The molecule has 0 aliphatic heterocycles. The van der Waals surface area contributed by atoms with Crippen molar-refractivity contribution in [2.45, 2.75) is 19.8 Å². The minimum Gasteiger partial charge on any atom is -0.373 e. The fourth-order valence-electron chi connectivity index (χ4n) is 2.09. The zero-order valence-electron chi connectivity index (χ0n) is 10.7. The van der Waals surface area contributed by atoms with Crippen molar-refractivity contribution in [1.29, 1.82) is 0 Å². The number of nitrogens with zero attached hydrogens (tertiary/aromatic N) is 2. The molecule has 1 aromatic heterocycles. The van der Waals surface area contributed by atoms with Crippen molar-refractivity contribution in [3.05, 3.63) is 39.7 Å². The van der Waals surface area contributed by atoms with Gasteiger partial charge in [-0.25, -0.2) is 9.37 Å². The monoisotopic (exact) mass is 263 g/mol. The van der Waals surface area contributed by atoms with Gasteiger partial charge >= 0.3 is 0 Å². The molecule has 1 heterocycles. The number of benzene rings is 1. The summed E-state index contributed by atoms with van der Waals surface area (Å²) in [6.07, 6.45) is 1.70. The molecule has 1 N–H and O–H groups in total. The van der Waals surface area contributed by atoms with E-state index in [0.717, 1.165) is 24.5 Å². The molecular formula is C13H14FN3O2. The Morgan fingerprint density at radius 3 is 2.74 bits per heavy atom. The van der Waals surface area contributed by atoms with Gasteiger partial charge in [0.15, 0.2) is 5.52 Å². The summed E-state index contributed by atoms with van der Waals surface area (Å²) in [7, 11) is 1.71. The van der Waals surface area contributed by atoms with Crippen LogP contribution in [0.15, 0.2) is 18.2 Å². The topological polar surface area (TPSA) is 68.1 Å². The third kappa shape index (κ3) is 2.47. The first-order chi connectivity index (χ1) is 9.06. The smallest absolute Gasteiger partial charge is 0.298 e. The highest BCUT2D eigenvalue weighted by molar-refractivity contribution is 5.89. The lowest BCUT2D eigenvalue weighted by molar-refractivity contribution is -0.383. The predicted octanol–water partition coefficient (Wildman–Crippen LogP) is 3.28. The molecule has 0 spiro atoms. The second-order valence-electron chi connectivity index (χ2n) is 4.25. The van der Waals surface area contributed by atoms with Gasteiger partial charge in [-0.05, 0) is 24.1 Å². The van der Waals surface area contributed by atoms with Crippen molar-refractivity contribution in [3.63, 3.8) is 0 Å². The molecule has 0 saturated heterocycles. The molecule has 0 aliphatic rings. The quantitative estimate of drug-likeness (QED) is 0.679. The summed E-state index contributed by atoms with van der Waals surface area (Å²) < 4.78 is 13.4. The van der Waals surface area contributed by atoms with E-state index >= 15 is 0 Å². The molecule has 0 saturated carbocycles. The molecule has 2 aromatic rings. The maximum absolute atomic E-state index is 13.4. The number of pyridine rings is 1. The lowest BCUT2D eigenvalue weighted by Gasteiger charge is -2.09. The van der Waals surface area contributed by atoms with E-state index in [-0.39, 0.29) is 11.2 Å². The first kappa shape index (κ1) is 13.2. The summed E-state index contributed by atoms with van der Waals surface area (Å²) in [5.74, 6) is -0.0234. The summed E-state index contributed by atoms with van der Waals surface area (Å²) in [5.41, 5.74) is 0.822. The third-order valence-electron chi connectivity index (χ3n) is 2.89. The lowest BCUT2D eigenvalue weighted by Crippen LogP contribution is -2.01. The highest BCUT2D eigenvalue weighted by Crippen LogP contribution is 2.29. The molecule has 0 fully saturated rings. The average Bonchev–Trinajstić information content (AvgIpc) is 2.37. The molecule has 0 aliphatic carbocycles. The number of fused-ring (bicyclic) bond motifs is 1. The molecule has 0 amide bonds. The van der Waals surface area contributed by atoms with Crippen LogP contribution in [0.3, 0.4) is 0 Å². The van der Waals surface area contributed by atoms with Crippen molar-refractivity contribution < 1.29 is 9.31 Å². The van der Waals surface area contributed by atoms with Crippen molar-refractivity contribution in [2.75, 3.05) is 12.4 Å². The van der Waals surface area contributed by atoms with E-state index in [1.807, 2.05) is 6.92 Å². The number of nitro benzene ring substituents is 1. The third-order valence-corrected chi connectivity index (χ3v) is 2.89. The van der Waals surface area contributed by atoms with Crippen LogP contribution in [-0.2, 0) is 6.42 Å². The number of anilines is 1. The Morgan fingerprint density at radius 2 is 2.16 bits per heavy atom. The van der Waals surface area contributed by atoms with Crippen LogP contribution in [0.1, 0.15) is 18.9 Å². The molecule has 100 valence electrons. The Labute approximate surface area is 109 Å². The van der Waals surface area contributed by atoms with Crippen LogP contribution in [0.25, 0.3) is 10.9 Å². The average molecular weight is 263 g/mol. The van der Waals surface area contributed by atoms with Gasteiger partial charge < -0.3 is 5.32 Å². The SMILES string of the molecule is CCCc1cc2cc(F)cc([N+](=O)[O-])c2nc1NC. The Morgan fingerprint density at radius 1 is 1.42 bits per heavy atom. The molecule has 0 radical (unpaired) electrons. The van der Waals surface area contributed by atoms with Gasteiger partial charge in [0.05, 0.1) is 11.0 Å². The van der Waals surface area contributed by atoms with Crippen molar-refractivity contribution in [3.8, 4) is 0 Å². The molecule has 5 nitrogen and oxygen atoms in total. The number of aryl methyl sites for hydroxylation is 1. The zero-order valence-corrected chi connectivity index (χ0v) is 10.7. The van der Waals surface area contributed by atoms with Gasteiger partial charge in [-0.15, -0.1) is 0 Å². The minimum absolute atomic E-state index is 0.204. The molecule has 19 heavy (non-hydrogen) atoms. The van der Waals surface area contributed by atoms with Gasteiger partial charge in [-0.1, -0.05) is 13.3 Å². The summed E-state index contributed by atoms with van der Waals surface area (Å²) in [6.45, 7) is 2.03. The number of hydrogen-bond donors (Lipinski definition) is 1. The molecule has 0 unspecified atom stereocenters. The molecule has 1 aromatic carbocycles. The molecule has 6 heteroatoms. The Kier molecular flexibility index (Phi) is 3.59. The molecular weight excluding hydrogens is 249 g/mol. The lowest BCUT2D eigenvalue weighted by atomic mass is 10.1. The van der Waals surface area contributed by atoms with E-state index in [1.54, 1.807) is 13.1 Å². The number of rotatable bonds is 4. The van der Waals surface area contributed by atoms with Crippen molar-refractivity contribution in [2.24, 2.45) is 0 Å². The van der Waals surface area contributed by atoms with Crippen LogP contribution in [0.2, 0.25) is 0 Å². The van der Waals surface area contributed by atoms with Gasteiger partial charge in [-0.2, -0.15) is 0 Å². The number of nitrogens with one attached hydrogen (secondary N) is 1. The predicted molar refractivity (Wildman–Crippen MR) is 71.9 cm³/mol. The largest absolute Gasteiger partial charge is 0.373 e. The van der Waals surface area contributed by atoms with Crippen molar-refractivity contribution in [1.82, 2.24) is 4.98 Å².